The fraction of sp³-hybridized carbons (Fsp3) is 0.412. The first-order valence-corrected chi connectivity index (χ1v) is 7.74. The van der Waals surface area contributed by atoms with Crippen molar-refractivity contribution in [2.45, 2.75) is 36.8 Å². The summed E-state index contributed by atoms with van der Waals surface area (Å²) < 4.78 is 9.92. The lowest BCUT2D eigenvalue weighted by Crippen LogP contribution is -2.57. The van der Waals surface area contributed by atoms with Crippen molar-refractivity contribution in [3.05, 3.63) is 29.8 Å². The maximum absolute atomic E-state index is 11.9. The summed E-state index contributed by atoms with van der Waals surface area (Å²) >= 11 is 0. The van der Waals surface area contributed by atoms with Gasteiger partial charge in [0.05, 0.1) is 13.2 Å². The molecule has 1 aliphatic rings. The van der Waals surface area contributed by atoms with Crippen molar-refractivity contribution in [3.8, 4) is 11.5 Å². The quantitative estimate of drug-likeness (QED) is 0.347. The van der Waals surface area contributed by atoms with Crippen LogP contribution in [0.5, 0.6) is 11.5 Å². The number of hydrogen-bond acceptors (Lipinski definition) is 8. The summed E-state index contributed by atoms with van der Waals surface area (Å²) in [5.41, 5.74) is -1.78. The van der Waals surface area contributed by atoms with Crippen LogP contribution in [-0.4, -0.2) is 68.5 Å². The molecule has 0 spiro atoms. The first kappa shape index (κ1) is 19.7. The third-order valence-electron chi connectivity index (χ3n) is 4.14. The Labute approximate surface area is 148 Å². The largest absolute Gasteiger partial charge is 0.504 e. The summed E-state index contributed by atoms with van der Waals surface area (Å²) in [4.78, 5) is 23.1. The number of carboxylic acids is 1. The molecule has 0 aliphatic heterocycles. The molecule has 0 bridgehead atoms. The molecule has 0 aromatic heterocycles. The van der Waals surface area contributed by atoms with Gasteiger partial charge < -0.3 is 35.0 Å². The van der Waals surface area contributed by atoms with Gasteiger partial charge in [-0.25, -0.2) is 9.59 Å². The van der Waals surface area contributed by atoms with E-state index in [9.17, 15) is 30.0 Å². The van der Waals surface area contributed by atoms with Gasteiger partial charge in [-0.15, -0.1) is 0 Å². The number of hydrogen-bond donors (Lipinski definition) is 5. The maximum atomic E-state index is 11.9. The van der Waals surface area contributed by atoms with Gasteiger partial charge in [-0.05, 0) is 23.8 Å². The Hall–Kier alpha value is -2.62. The summed E-state index contributed by atoms with van der Waals surface area (Å²) in [5.74, 6) is -2.34. The molecule has 1 fully saturated rings. The van der Waals surface area contributed by atoms with Crippen LogP contribution < -0.4 is 4.74 Å². The molecule has 142 valence electrons. The SMILES string of the molecule is COc1cc(C=CC(=O)O[C@H]2C[C@@](O)(C(=O)O)C[C@H](O)[C@@H]2O)ccc1O. The fourth-order valence-electron chi connectivity index (χ4n) is 2.69. The zero-order valence-corrected chi connectivity index (χ0v) is 13.9. The fourth-order valence-corrected chi connectivity index (χ4v) is 2.69. The van der Waals surface area contributed by atoms with Gasteiger partial charge in [0.25, 0.3) is 0 Å². The van der Waals surface area contributed by atoms with E-state index in [2.05, 4.69) is 0 Å². The molecular weight excluding hydrogens is 348 g/mol. The van der Waals surface area contributed by atoms with E-state index in [0.29, 0.717) is 5.56 Å². The number of aliphatic carboxylic acids is 1. The van der Waals surface area contributed by atoms with Gasteiger partial charge in [0.15, 0.2) is 17.1 Å². The smallest absolute Gasteiger partial charge is 0.335 e. The number of carboxylic acid groups (broad SMARTS) is 1. The number of aromatic hydroxyl groups is 1. The van der Waals surface area contributed by atoms with E-state index in [0.717, 1.165) is 6.08 Å². The molecule has 4 atom stereocenters. The predicted octanol–water partition coefficient (Wildman–Crippen LogP) is -0.343. The Morgan fingerprint density at radius 3 is 2.58 bits per heavy atom. The predicted molar refractivity (Wildman–Crippen MR) is 87.4 cm³/mol. The molecule has 0 saturated heterocycles. The van der Waals surface area contributed by atoms with Gasteiger partial charge >= 0.3 is 11.9 Å². The maximum Gasteiger partial charge on any atom is 0.335 e. The molecule has 2 rings (SSSR count). The second-order valence-corrected chi connectivity index (χ2v) is 6.04. The molecule has 26 heavy (non-hydrogen) atoms. The number of carbonyl (C=O) groups excluding carboxylic acids is 1. The lowest BCUT2D eigenvalue weighted by atomic mass is 9.79. The van der Waals surface area contributed by atoms with Gasteiger partial charge in [0.2, 0.25) is 0 Å². The number of methoxy groups -OCH3 is 1. The summed E-state index contributed by atoms with van der Waals surface area (Å²) in [6, 6.07) is 4.36. The Morgan fingerprint density at radius 2 is 1.96 bits per heavy atom. The lowest BCUT2D eigenvalue weighted by Gasteiger charge is -2.39. The minimum atomic E-state index is -2.29. The number of phenols is 1. The van der Waals surface area contributed by atoms with Crippen LogP contribution in [0.15, 0.2) is 24.3 Å². The minimum absolute atomic E-state index is 0.0699. The number of aliphatic hydroxyl groups excluding tert-OH is 2. The number of ether oxygens (including phenoxy) is 2. The van der Waals surface area contributed by atoms with Gasteiger partial charge in [-0.2, -0.15) is 0 Å². The second-order valence-electron chi connectivity index (χ2n) is 6.04. The average Bonchev–Trinajstić information content (AvgIpc) is 2.58. The molecule has 0 heterocycles. The highest BCUT2D eigenvalue weighted by Gasteiger charge is 2.50. The monoisotopic (exact) mass is 368 g/mol. The van der Waals surface area contributed by atoms with Crippen LogP contribution >= 0.6 is 0 Å². The van der Waals surface area contributed by atoms with Gasteiger partial charge in [0.1, 0.15) is 12.2 Å². The molecule has 1 aromatic carbocycles. The van der Waals surface area contributed by atoms with Crippen LogP contribution in [0, 0.1) is 0 Å². The Balaban J connectivity index is 2.07. The van der Waals surface area contributed by atoms with E-state index in [-0.39, 0.29) is 11.5 Å². The molecule has 9 nitrogen and oxygen atoms in total. The van der Waals surface area contributed by atoms with E-state index in [4.69, 9.17) is 14.6 Å². The lowest BCUT2D eigenvalue weighted by molar-refractivity contribution is -0.196. The van der Waals surface area contributed by atoms with E-state index < -0.39 is 48.7 Å². The molecule has 1 aromatic rings. The highest BCUT2D eigenvalue weighted by Crippen LogP contribution is 2.31. The van der Waals surface area contributed by atoms with Crippen LogP contribution in [0.25, 0.3) is 6.08 Å². The number of benzene rings is 1. The van der Waals surface area contributed by atoms with Crippen molar-refractivity contribution in [2.24, 2.45) is 0 Å². The molecule has 9 heteroatoms. The highest BCUT2D eigenvalue weighted by molar-refractivity contribution is 5.87. The normalized spacial score (nSPS) is 28.7. The van der Waals surface area contributed by atoms with Crippen molar-refractivity contribution < 1.29 is 44.6 Å². The molecule has 0 amide bonds. The zero-order chi connectivity index (χ0) is 19.5. The van der Waals surface area contributed by atoms with Crippen LogP contribution in [0.3, 0.4) is 0 Å². The molecule has 0 radical (unpaired) electrons. The number of phenolic OH excluding ortho intramolecular Hbond substituents is 1. The van der Waals surface area contributed by atoms with E-state index in [1.165, 1.54) is 31.4 Å². The minimum Gasteiger partial charge on any atom is -0.504 e. The van der Waals surface area contributed by atoms with Crippen LogP contribution in [0.1, 0.15) is 18.4 Å². The van der Waals surface area contributed by atoms with Gasteiger partial charge in [-0.3, -0.25) is 0 Å². The van der Waals surface area contributed by atoms with Crippen LogP contribution in [0.4, 0.5) is 0 Å². The van der Waals surface area contributed by atoms with E-state index >= 15 is 0 Å². The van der Waals surface area contributed by atoms with Crippen LogP contribution in [0.2, 0.25) is 0 Å². The second kappa shape index (κ2) is 7.73. The molecule has 5 N–H and O–H groups in total. The molecule has 1 saturated carbocycles. The Kier molecular flexibility index (Phi) is 5.86. The first-order chi connectivity index (χ1) is 12.2. The molecular formula is C17H20O9. The third-order valence-corrected chi connectivity index (χ3v) is 4.14. The van der Waals surface area contributed by atoms with Gasteiger partial charge in [-0.1, -0.05) is 6.07 Å². The Morgan fingerprint density at radius 1 is 1.27 bits per heavy atom. The standard InChI is InChI=1S/C17H20O9/c1-25-12-6-9(2-4-10(12)18)3-5-14(20)26-13-8-17(24,16(22)23)7-11(19)15(13)21/h2-6,11,13,15,18-19,21,24H,7-8H2,1H3,(H,22,23)/t11-,13-,15-,17+/m0/s1. The number of aliphatic hydroxyl groups is 3. The first-order valence-electron chi connectivity index (χ1n) is 7.74. The number of esters is 1. The topological polar surface area (TPSA) is 154 Å². The number of rotatable bonds is 5. The van der Waals surface area contributed by atoms with Crippen molar-refractivity contribution in [2.75, 3.05) is 7.11 Å². The van der Waals surface area contributed by atoms with Crippen molar-refractivity contribution in [3.63, 3.8) is 0 Å². The van der Waals surface area contributed by atoms with Crippen molar-refractivity contribution in [1.82, 2.24) is 0 Å². The van der Waals surface area contributed by atoms with E-state index in [1.807, 2.05) is 0 Å². The Bertz CT molecular complexity index is 714. The summed E-state index contributed by atoms with van der Waals surface area (Å²) in [7, 11) is 1.37. The highest BCUT2D eigenvalue weighted by atomic mass is 16.6. The third kappa shape index (κ3) is 4.31. The molecule has 1 aliphatic carbocycles. The average molecular weight is 368 g/mol. The van der Waals surface area contributed by atoms with Crippen molar-refractivity contribution >= 4 is 18.0 Å². The number of carbonyl (C=O) groups is 2. The van der Waals surface area contributed by atoms with E-state index in [1.54, 1.807) is 0 Å². The zero-order valence-electron chi connectivity index (χ0n) is 13.9. The van der Waals surface area contributed by atoms with Crippen molar-refractivity contribution in [1.29, 1.82) is 0 Å². The summed E-state index contributed by atoms with van der Waals surface area (Å²) in [6.07, 6.45) is -3.17. The van der Waals surface area contributed by atoms with Crippen LogP contribution in [-0.2, 0) is 14.3 Å². The molecule has 0 unspecified atom stereocenters. The van der Waals surface area contributed by atoms with Gasteiger partial charge in [0, 0.05) is 18.9 Å². The summed E-state index contributed by atoms with van der Waals surface area (Å²) in [5, 5.41) is 48.2. The summed E-state index contributed by atoms with van der Waals surface area (Å²) in [6.45, 7) is 0.